The molecule has 1 N–H and O–H groups in total. The lowest BCUT2D eigenvalue weighted by molar-refractivity contribution is 1.30. The van der Waals surface area contributed by atoms with Crippen molar-refractivity contribution in [1.29, 1.82) is 5.26 Å². The molecule has 0 aliphatic rings. The van der Waals surface area contributed by atoms with Crippen molar-refractivity contribution in [3.8, 4) is 6.07 Å². The summed E-state index contributed by atoms with van der Waals surface area (Å²) in [5, 5.41) is 12.7. The fourth-order valence-electron chi connectivity index (χ4n) is 1.35. The van der Waals surface area contributed by atoms with E-state index < -0.39 is 0 Å². The van der Waals surface area contributed by atoms with Crippen LogP contribution >= 0.6 is 27.5 Å². The molecule has 1 aromatic heterocycles. The molecule has 1 heterocycles. The highest BCUT2D eigenvalue weighted by atomic mass is 79.9. The molecule has 84 valence electrons. The van der Waals surface area contributed by atoms with Gasteiger partial charge in [-0.15, -0.1) is 0 Å². The molecule has 0 saturated heterocycles. The number of aromatic nitrogens is 1. The second-order valence-corrected chi connectivity index (χ2v) is 4.67. The normalized spacial score (nSPS) is 9.71. The van der Waals surface area contributed by atoms with Crippen LogP contribution in [0.5, 0.6) is 0 Å². The van der Waals surface area contributed by atoms with Crippen molar-refractivity contribution in [2.45, 2.75) is 0 Å². The molecule has 0 aliphatic heterocycles. The van der Waals surface area contributed by atoms with Gasteiger partial charge in [-0.2, -0.15) is 5.26 Å². The Labute approximate surface area is 112 Å². The zero-order valence-electron chi connectivity index (χ0n) is 8.61. The van der Waals surface area contributed by atoms with Crippen molar-refractivity contribution >= 4 is 38.9 Å². The van der Waals surface area contributed by atoms with Gasteiger partial charge in [0.05, 0.1) is 23.1 Å². The highest BCUT2D eigenvalue weighted by Gasteiger charge is 2.03. The zero-order chi connectivity index (χ0) is 12.3. The molecule has 3 nitrogen and oxygen atoms in total. The van der Waals surface area contributed by atoms with Crippen LogP contribution in [-0.4, -0.2) is 4.98 Å². The summed E-state index contributed by atoms with van der Waals surface area (Å²) < 4.78 is 0.864. The maximum atomic E-state index is 8.98. The number of nitrogens with one attached hydrogen (secondary N) is 1. The minimum absolute atomic E-state index is 0.536. The van der Waals surface area contributed by atoms with Gasteiger partial charge in [-0.1, -0.05) is 11.6 Å². The smallest absolute Gasteiger partial charge is 0.101 e. The molecule has 0 atom stereocenters. The number of halogens is 2. The van der Waals surface area contributed by atoms with Gasteiger partial charge in [0.25, 0.3) is 0 Å². The third kappa shape index (κ3) is 2.96. The number of rotatable bonds is 2. The summed E-state index contributed by atoms with van der Waals surface area (Å²) in [6, 6.07) is 9.05. The van der Waals surface area contributed by atoms with Crippen molar-refractivity contribution < 1.29 is 0 Å². The number of hydrogen-bond donors (Lipinski definition) is 1. The number of anilines is 2. The molecule has 0 saturated carbocycles. The van der Waals surface area contributed by atoms with Crippen molar-refractivity contribution in [2.75, 3.05) is 5.32 Å². The molecule has 0 radical (unpaired) electrons. The summed E-state index contributed by atoms with van der Waals surface area (Å²) in [5.74, 6) is 0. The van der Waals surface area contributed by atoms with Crippen LogP contribution in [-0.2, 0) is 0 Å². The molecule has 1 aromatic carbocycles. The average molecular weight is 309 g/mol. The first-order chi connectivity index (χ1) is 8.19. The lowest BCUT2D eigenvalue weighted by Crippen LogP contribution is -1.94. The predicted octanol–water partition coefficient (Wildman–Crippen LogP) is 4.11. The number of pyridine rings is 1. The first-order valence-corrected chi connectivity index (χ1v) is 5.93. The van der Waals surface area contributed by atoms with Crippen LogP contribution in [0.1, 0.15) is 5.56 Å². The van der Waals surface area contributed by atoms with Crippen molar-refractivity contribution in [1.82, 2.24) is 4.98 Å². The van der Waals surface area contributed by atoms with Crippen LogP contribution in [0.4, 0.5) is 11.4 Å². The van der Waals surface area contributed by atoms with Gasteiger partial charge in [0.2, 0.25) is 0 Å². The first-order valence-electron chi connectivity index (χ1n) is 4.76. The van der Waals surface area contributed by atoms with Crippen LogP contribution in [0.25, 0.3) is 0 Å². The lowest BCUT2D eigenvalue weighted by atomic mass is 10.2. The monoisotopic (exact) mass is 307 g/mol. The molecular formula is C12H7BrClN3. The number of hydrogen-bond acceptors (Lipinski definition) is 3. The molecular weight excluding hydrogens is 302 g/mol. The Bertz CT molecular complexity index is 593. The minimum atomic E-state index is 0.536. The molecule has 5 heteroatoms. The van der Waals surface area contributed by atoms with Crippen molar-refractivity contribution in [3.05, 3.63) is 51.7 Å². The van der Waals surface area contributed by atoms with Gasteiger partial charge >= 0.3 is 0 Å². The van der Waals surface area contributed by atoms with E-state index in [1.54, 1.807) is 30.6 Å². The van der Waals surface area contributed by atoms with Crippen LogP contribution in [0, 0.1) is 11.3 Å². The Hall–Kier alpha value is -1.57. The standard InChI is InChI=1S/C12H7BrClN3/c13-9-3-11(7-16-6-9)17-12-4-10(14)2-1-8(12)5-15/h1-4,6-7,17H. The third-order valence-corrected chi connectivity index (χ3v) is 2.75. The molecule has 0 bridgehead atoms. The highest BCUT2D eigenvalue weighted by molar-refractivity contribution is 9.10. The Balaban J connectivity index is 2.36. The van der Waals surface area contributed by atoms with E-state index in [-0.39, 0.29) is 0 Å². The number of nitriles is 1. The maximum Gasteiger partial charge on any atom is 0.101 e. The summed E-state index contributed by atoms with van der Waals surface area (Å²) in [7, 11) is 0. The molecule has 0 amide bonds. The van der Waals surface area contributed by atoms with Gasteiger partial charge < -0.3 is 5.32 Å². The van der Waals surface area contributed by atoms with E-state index in [0.717, 1.165) is 10.2 Å². The van der Waals surface area contributed by atoms with Gasteiger partial charge in [0, 0.05) is 15.7 Å². The Morgan fingerprint density at radius 3 is 2.82 bits per heavy atom. The summed E-state index contributed by atoms with van der Waals surface area (Å²) in [6.07, 6.45) is 3.36. The van der Waals surface area contributed by atoms with E-state index in [0.29, 0.717) is 16.3 Å². The molecule has 2 rings (SSSR count). The molecule has 0 aliphatic carbocycles. The first kappa shape index (κ1) is 11.9. The number of benzene rings is 1. The van der Waals surface area contributed by atoms with Gasteiger partial charge in [0.1, 0.15) is 6.07 Å². The van der Waals surface area contributed by atoms with Crippen LogP contribution in [0.3, 0.4) is 0 Å². The fraction of sp³-hybridized carbons (Fsp3) is 0. The second kappa shape index (κ2) is 5.17. The Kier molecular flexibility index (Phi) is 3.62. The summed E-state index contributed by atoms with van der Waals surface area (Å²) in [6.45, 7) is 0. The summed E-state index contributed by atoms with van der Waals surface area (Å²) in [4.78, 5) is 4.03. The van der Waals surface area contributed by atoms with E-state index >= 15 is 0 Å². The summed E-state index contributed by atoms with van der Waals surface area (Å²) in [5.41, 5.74) is 1.99. The predicted molar refractivity (Wildman–Crippen MR) is 71.4 cm³/mol. The van der Waals surface area contributed by atoms with E-state index in [2.05, 4.69) is 32.3 Å². The molecule has 17 heavy (non-hydrogen) atoms. The molecule has 0 unspecified atom stereocenters. The fourth-order valence-corrected chi connectivity index (χ4v) is 1.89. The van der Waals surface area contributed by atoms with Crippen LogP contribution in [0.2, 0.25) is 5.02 Å². The van der Waals surface area contributed by atoms with E-state index in [1.165, 1.54) is 0 Å². The van der Waals surface area contributed by atoms with E-state index in [1.807, 2.05) is 6.07 Å². The maximum absolute atomic E-state index is 8.98. The van der Waals surface area contributed by atoms with Gasteiger partial charge in [-0.05, 0) is 40.2 Å². The Morgan fingerprint density at radius 1 is 1.29 bits per heavy atom. The van der Waals surface area contributed by atoms with Crippen LogP contribution in [0.15, 0.2) is 41.1 Å². The summed E-state index contributed by atoms with van der Waals surface area (Å²) >= 11 is 9.23. The quantitative estimate of drug-likeness (QED) is 0.908. The van der Waals surface area contributed by atoms with E-state index in [9.17, 15) is 0 Å². The van der Waals surface area contributed by atoms with E-state index in [4.69, 9.17) is 16.9 Å². The minimum Gasteiger partial charge on any atom is -0.353 e. The third-order valence-electron chi connectivity index (χ3n) is 2.09. The number of nitrogens with zero attached hydrogens (tertiary/aromatic N) is 2. The van der Waals surface area contributed by atoms with Crippen LogP contribution < -0.4 is 5.32 Å². The van der Waals surface area contributed by atoms with Crippen molar-refractivity contribution in [3.63, 3.8) is 0 Å². The zero-order valence-corrected chi connectivity index (χ0v) is 11.0. The van der Waals surface area contributed by atoms with Gasteiger partial charge in [-0.25, -0.2) is 0 Å². The molecule has 2 aromatic rings. The SMILES string of the molecule is N#Cc1ccc(Cl)cc1Nc1cncc(Br)c1. The Morgan fingerprint density at radius 2 is 2.12 bits per heavy atom. The highest BCUT2D eigenvalue weighted by Crippen LogP contribution is 2.25. The topological polar surface area (TPSA) is 48.7 Å². The second-order valence-electron chi connectivity index (χ2n) is 3.32. The molecule has 0 spiro atoms. The largest absolute Gasteiger partial charge is 0.353 e. The van der Waals surface area contributed by atoms with Crippen molar-refractivity contribution in [2.24, 2.45) is 0 Å². The van der Waals surface area contributed by atoms with Gasteiger partial charge in [0.15, 0.2) is 0 Å². The average Bonchev–Trinajstić information content (AvgIpc) is 2.29. The lowest BCUT2D eigenvalue weighted by Gasteiger charge is -2.08. The van der Waals surface area contributed by atoms with Gasteiger partial charge in [-0.3, -0.25) is 4.98 Å². The molecule has 0 fully saturated rings.